The van der Waals surface area contributed by atoms with Crippen molar-refractivity contribution in [3.05, 3.63) is 34.9 Å². The van der Waals surface area contributed by atoms with Gasteiger partial charge in [-0.25, -0.2) is 0 Å². The van der Waals surface area contributed by atoms with Gasteiger partial charge in [0.05, 0.1) is 6.61 Å². The van der Waals surface area contributed by atoms with Crippen molar-refractivity contribution in [3.8, 4) is 11.8 Å². The summed E-state index contributed by atoms with van der Waals surface area (Å²) >= 11 is 0. The topological polar surface area (TPSA) is 49.3 Å². The maximum Gasteiger partial charge on any atom is 0.251 e. The summed E-state index contributed by atoms with van der Waals surface area (Å²) in [4.78, 5) is 12.3. The van der Waals surface area contributed by atoms with Crippen LogP contribution < -0.4 is 5.32 Å². The van der Waals surface area contributed by atoms with E-state index in [1.54, 1.807) is 0 Å². The molecule has 1 atom stereocenters. The summed E-state index contributed by atoms with van der Waals surface area (Å²) in [6.45, 7) is 6.23. The Morgan fingerprint density at radius 3 is 2.76 bits per heavy atom. The molecule has 1 rings (SSSR count). The third kappa shape index (κ3) is 5.61. The van der Waals surface area contributed by atoms with E-state index in [4.69, 9.17) is 5.11 Å². The van der Waals surface area contributed by atoms with Gasteiger partial charge in [-0.2, -0.15) is 0 Å². The molecule has 0 heterocycles. The van der Waals surface area contributed by atoms with Gasteiger partial charge in [0.15, 0.2) is 0 Å². The average molecular weight is 287 g/mol. The number of hydrogen-bond donors (Lipinski definition) is 2. The summed E-state index contributed by atoms with van der Waals surface area (Å²) in [7, 11) is 0. The first-order chi connectivity index (χ1) is 10.1. The summed E-state index contributed by atoms with van der Waals surface area (Å²) in [5, 5.41) is 11.8. The van der Waals surface area contributed by atoms with Crippen molar-refractivity contribution in [2.45, 2.75) is 52.5 Å². The van der Waals surface area contributed by atoms with Gasteiger partial charge in [0.2, 0.25) is 0 Å². The summed E-state index contributed by atoms with van der Waals surface area (Å²) in [6.07, 6.45) is 3.45. The number of rotatable bonds is 6. The summed E-state index contributed by atoms with van der Waals surface area (Å²) in [5.41, 5.74) is 2.53. The fourth-order valence-corrected chi connectivity index (χ4v) is 2.11. The van der Waals surface area contributed by atoms with E-state index in [-0.39, 0.29) is 18.6 Å². The molecule has 3 nitrogen and oxygen atoms in total. The smallest absolute Gasteiger partial charge is 0.251 e. The van der Waals surface area contributed by atoms with E-state index in [2.05, 4.69) is 31.0 Å². The molecule has 1 unspecified atom stereocenters. The number of nitrogens with one attached hydrogen (secondary N) is 1. The Morgan fingerprint density at radius 1 is 1.38 bits per heavy atom. The van der Waals surface area contributed by atoms with E-state index in [0.717, 1.165) is 30.4 Å². The van der Waals surface area contributed by atoms with Crippen LogP contribution in [0.2, 0.25) is 0 Å². The average Bonchev–Trinajstić information content (AvgIpc) is 2.48. The molecule has 1 amide bonds. The van der Waals surface area contributed by atoms with Crippen molar-refractivity contribution in [1.82, 2.24) is 5.32 Å². The van der Waals surface area contributed by atoms with Crippen molar-refractivity contribution in [3.63, 3.8) is 0 Å². The van der Waals surface area contributed by atoms with Crippen LogP contribution in [0.4, 0.5) is 0 Å². The number of carbonyl (C=O) groups is 1. The molecule has 0 saturated heterocycles. The second kappa shape index (κ2) is 9.20. The van der Waals surface area contributed by atoms with Crippen molar-refractivity contribution in [2.24, 2.45) is 0 Å². The number of hydrogen-bond acceptors (Lipinski definition) is 2. The Labute approximate surface area is 127 Å². The zero-order chi connectivity index (χ0) is 15.7. The molecule has 0 saturated carbocycles. The van der Waals surface area contributed by atoms with Gasteiger partial charge < -0.3 is 10.4 Å². The third-order valence-corrected chi connectivity index (χ3v) is 3.42. The molecule has 0 fully saturated rings. The van der Waals surface area contributed by atoms with Crippen molar-refractivity contribution in [2.75, 3.05) is 6.61 Å². The third-order valence-electron chi connectivity index (χ3n) is 3.42. The van der Waals surface area contributed by atoms with Crippen LogP contribution in [-0.4, -0.2) is 23.7 Å². The standard InChI is InChI=1S/C18H25NO2/c1-4-8-17(5-2)19-18(21)16-11-10-14(3)15(13-16)9-6-7-12-20/h10-11,13,17,20H,4-5,7-8,12H2,1-3H3,(H,19,21). The second-order valence-electron chi connectivity index (χ2n) is 5.17. The minimum Gasteiger partial charge on any atom is -0.395 e. The first kappa shape index (κ1) is 17.3. The lowest BCUT2D eigenvalue weighted by atomic mass is 10.0. The maximum absolute atomic E-state index is 12.3. The van der Waals surface area contributed by atoms with Crippen LogP contribution >= 0.6 is 0 Å². The molecule has 0 radical (unpaired) electrons. The van der Waals surface area contributed by atoms with Crippen LogP contribution in [0.25, 0.3) is 0 Å². The lowest BCUT2D eigenvalue weighted by Crippen LogP contribution is -2.34. The highest BCUT2D eigenvalue weighted by atomic mass is 16.2. The van der Waals surface area contributed by atoms with E-state index in [0.29, 0.717) is 12.0 Å². The molecular weight excluding hydrogens is 262 g/mol. The Balaban J connectivity index is 2.86. The van der Waals surface area contributed by atoms with Crippen LogP contribution in [0.15, 0.2) is 18.2 Å². The van der Waals surface area contributed by atoms with Crippen molar-refractivity contribution < 1.29 is 9.90 Å². The van der Waals surface area contributed by atoms with Crippen molar-refractivity contribution >= 4 is 5.91 Å². The maximum atomic E-state index is 12.3. The lowest BCUT2D eigenvalue weighted by Gasteiger charge is -2.16. The Hall–Kier alpha value is -1.79. The molecule has 0 aliphatic rings. The van der Waals surface area contributed by atoms with Crippen LogP contribution in [-0.2, 0) is 0 Å². The molecule has 1 aromatic rings. The highest BCUT2D eigenvalue weighted by Gasteiger charge is 2.12. The lowest BCUT2D eigenvalue weighted by molar-refractivity contribution is 0.0933. The molecule has 3 heteroatoms. The van der Waals surface area contributed by atoms with Gasteiger partial charge in [0, 0.05) is 23.6 Å². The fourth-order valence-electron chi connectivity index (χ4n) is 2.11. The summed E-state index contributed by atoms with van der Waals surface area (Å²) in [6, 6.07) is 5.81. The van der Waals surface area contributed by atoms with Gasteiger partial charge >= 0.3 is 0 Å². The number of amides is 1. The Morgan fingerprint density at radius 2 is 2.14 bits per heavy atom. The predicted octanol–water partition coefficient (Wildman–Crippen LogP) is 3.04. The van der Waals surface area contributed by atoms with Gasteiger partial charge in [-0.05, 0) is 37.5 Å². The molecule has 0 spiro atoms. The second-order valence-corrected chi connectivity index (χ2v) is 5.17. The van der Waals surface area contributed by atoms with Crippen LogP contribution in [0.1, 0.15) is 61.0 Å². The molecule has 0 aliphatic carbocycles. The van der Waals surface area contributed by atoms with Crippen molar-refractivity contribution in [1.29, 1.82) is 0 Å². The molecule has 0 aromatic heterocycles. The van der Waals surface area contributed by atoms with Gasteiger partial charge in [-0.3, -0.25) is 4.79 Å². The van der Waals surface area contributed by atoms with Gasteiger partial charge in [-0.15, -0.1) is 0 Å². The number of aliphatic hydroxyl groups excluding tert-OH is 1. The summed E-state index contributed by atoms with van der Waals surface area (Å²) in [5.74, 6) is 5.87. The Kier molecular flexibility index (Phi) is 7.56. The van der Waals surface area contributed by atoms with E-state index < -0.39 is 0 Å². The molecular formula is C18H25NO2. The van der Waals surface area contributed by atoms with Gasteiger partial charge in [-0.1, -0.05) is 38.2 Å². The fraction of sp³-hybridized carbons (Fsp3) is 0.500. The highest BCUT2D eigenvalue weighted by Crippen LogP contribution is 2.11. The SMILES string of the molecule is CCCC(CC)NC(=O)c1ccc(C)c(C#CCCO)c1. The molecule has 1 aromatic carbocycles. The highest BCUT2D eigenvalue weighted by molar-refractivity contribution is 5.94. The van der Waals surface area contributed by atoms with Gasteiger partial charge in [0.1, 0.15) is 0 Å². The number of benzene rings is 1. The largest absolute Gasteiger partial charge is 0.395 e. The Bertz CT molecular complexity index is 526. The van der Waals surface area contributed by atoms with E-state index >= 15 is 0 Å². The van der Waals surface area contributed by atoms with Gasteiger partial charge in [0.25, 0.3) is 5.91 Å². The zero-order valence-corrected chi connectivity index (χ0v) is 13.2. The molecule has 21 heavy (non-hydrogen) atoms. The predicted molar refractivity (Wildman–Crippen MR) is 86.2 cm³/mol. The number of aryl methyl sites for hydroxylation is 1. The zero-order valence-electron chi connectivity index (χ0n) is 13.2. The van der Waals surface area contributed by atoms with Crippen LogP contribution in [0.5, 0.6) is 0 Å². The molecule has 0 bridgehead atoms. The quantitative estimate of drug-likeness (QED) is 0.790. The molecule has 0 aliphatic heterocycles. The van der Waals surface area contributed by atoms with Crippen LogP contribution in [0, 0.1) is 18.8 Å². The van der Waals surface area contributed by atoms with E-state index in [9.17, 15) is 4.79 Å². The van der Waals surface area contributed by atoms with E-state index in [1.807, 2.05) is 25.1 Å². The first-order valence-electron chi connectivity index (χ1n) is 7.63. The normalized spacial score (nSPS) is 11.4. The monoisotopic (exact) mass is 287 g/mol. The molecule has 2 N–H and O–H groups in total. The van der Waals surface area contributed by atoms with Crippen LogP contribution in [0.3, 0.4) is 0 Å². The minimum atomic E-state index is -0.0412. The van der Waals surface area contributed by atoms with E-state index in [1.165, 1.54) is 0 Å². The minimum absolute atomic E-state index is 0.0412. The molecule has 114 valence electrons. The first-order valence-corrected chi connectivity index (χ1v) is 7.63. The summed E-state index contributed by atoms with van der Waals surface area (Å²) < 4.78 is 0. The number of carbonyl (C=O) groups excluding carboxylic acids is 1. The number of aliphatic hydroxyl groups is 1.